The van der Waals surface area contributed by atoms with Gasteiger partial charge in [-0.1, -0.05) is 24.3 Å². The summed E-state index contributed by atoms with van der Waals surface area (Å²) < 4.78 is 25.0. The number of Topliss-reactive ketones (excluding diaryl/α,β-unsaturated/α-hetero) is 1. The summed E-state index contributed by atoms with van der Waals surface area (Å²) in [7, 11) is 0. The highest BCUT2D eigenvalue weighted by atomic mass is 19.1. The first-order valence-corrected chi connectivity index (χ1v) is 10.0. The minimum Gasteiger partial charge on any atom is -0.490 e. The van der Waals surface area contributed by atoms with E-state index in [0.29, 0.717) is 30.9 Å². The van der Waals surface area contributed by atoms with Crippen LogP contribution in [0.1, 0.15) is 35.7 Å². The molecule has 1 aliphatic rings. The molecule has 156 valence electrons. The second kappa shape index (κ2) is 10.5. The largest absolute Gasteiger partial charge is 0.490 e. The van der Waals surface area contributed by atoms with Crippen molar-refractivity contribution in [3.05, 3.63) is 65.5 Å². The second-order valence-electron chi connectivity index (χ2n) is 7.48. The number of carbonyl (C=O) groups is 1. The third kappa shape index (κ3) is 6.63. The summed E-state index contributed by atoms with van der Waals surface area (Å²) in [5.74, 6) is 0.111. The van der Waals surface area contributed by atoms with E-state index in [1.165, 1.54) is 19.1 Å². The lowest BCUT2D eigenvalue weighted by Crippen LogP contribution is -2.39. The van der Waals surface area contributed by atoms with Gasteiger partial charge in [0, 0.05) is 26.2 Å². The smallest absolute Gasteiger partial charge is 0.163 e. The molecule has 0 amide bonds. The van der Waals surface area contributed by atoms with Crippen molar-refractivity contribution in [1.29, 1.82) is 0 Å². The normalized spacial score (nSPS) is 17.4. The maximum Gasteiger partial charge on any atom is 0.163 e. The summed E-state index contributed by atoms with van der Waals surface area (Å²) in [6, 6.07) is 13.5. The fraction of sp³-hybridized carbons (Fsp3) is 0.435. The molecule has 1 fully saturated rings. The molecule has 2 atom stereocenters. The molecule has 6 heteroatoms. The fourth-order valence-electron chi connectivity index (χ4n) is 3.59. The molecule has 0 spiro atoms. The van der Waals surface area contributed by atoms with Crippen molar-refractivity contribution in [2.75, 3.05) is 26.3 Å². The van der Waals surface area contributed by atoms with E-state index in [0.717, 1.165) is 25.0 Å². The average molecular weight is 401 g/mol. The van der Waals surface area contributed by atoms with Gasteiger partial charge in [0.2, 0.25) is 0 Å². The molecule has 29 heavy (non-hydrogen) atoms. The van der Waals surface area contributed by atoms with Crippen molar-refractivity contribution >= 4 is 5.78 Å². The number of aliphatic hydroxyl groups is 1. The number of ketones is 1. The third-order valence-corrected chi connectivity index (χ3v) is 4.95. The predicted molar refractivity (Wildman–Crippen MR) is 109 cm³/mol. The molecule has 0 aliphatic carbocycles. The summed E-state index contributed by atoms with van der Waals surface area (Å²) in [6.45, 7) is 3.84. The van der Waals surface area contributed by atoms with Crippen LogP contribution >= 0.6 is 0 Å². The van der Waals surface area contributed by atoms with Crippen LogP contribution in [-0.4, -0.2) is 54.3 Å². The number of halogens is 1. The van der Waals surface area contributed by atoms with Gasteiger partial charge in [0.1, 0.15) is 24.3 Å². The topological polar surface area (TPSA) is 59.0 Å². The fourth-order valence-corrected chi connectivity index (χ4v) is 3.59. The predicted octanol–water partition coefficient (Wildman–Crippen LogP) is 3.45. The van der Waals surface area contributed by atoms with Crippen LogP contribution in [0.15, 0.2) is 48.5 Å². The number of ether oxygens (including phenoxy) is 2. The summed E-state index contributed by atoms with van der Waals surface area (Å²) in [5, 5.41) is 10.6. The van der Waals surface area contributed by atoms with Gasteiger partial charge in [-0.3, -0.25) is 9.69 Å². The second-order valence-corrected chi connectivity index (χ2v) is 7.48. The molecule has 0 bridgehead atoms. The Bertz CT molecular complexity index is 807. The number of nitrogens with zero attached hydrogens (tertiary/aromatic N) is 1. The van der Waals surface area contributed by atoms with E-state index in [1.54, 1.807) is 30.3 Å². The molecular weight excluding hydrogens is 373 g/mol. The Hall–Kier alpha value is -2.28. The lowest BCUT2D eigenvalue weighted by molar-refractivity contribution is 0.0311. The van der Waals surface area contributed by atoms with Gasteiger partial charge in [0.25, 0.3) is 0 Å². The van der Waals surface area contributed by atoms with Crippen LogP contribution < -0.4 is 4.74 Å². The van der Waals surface area contributed by atoms with E-state index in [1.807, 2.05) is 6.07 Å². The molecule has 0 saturated carbocycles. The number of benzene rings is 2. The lowest BCUT2D eigenvalue weighted by atomic mass is 10.1. The molecule has 2 unspecified atom stereocenters. The average Bonchev–Trinajstić information content (AvgIpc) is 3.19. The first-order valence-electron chi connectivity index (χ1n) is 10.0. The molecule has 5 nitrogen and oxygen atoms in total. The van der Waals surface area contributed by atoms with Gasteiger partial charge >= 0.3 is 0 Å². The third-order valence-electron chi connectivity index (χ3n) is 4.95. The van der Waals surface area contributed by atoms with Crippen LogP contribution in [0.4, 0.5) is 4.39 Å². The SMILES string of the molecule is CC(=O)c1ccccc1OCC(O)CN(Cc1cccc(F)c1)CC1CCCO1. The Morgan fingerprint density at radius 1 is 1.31 bits per heavy atom. The van der Waals surface area contributed by atoms with Crippen molar-refractivity contribution in [2.45, 2.75) is 38.5 Å². The molecule has 1 saturated heterocycles. The number of para-hydroxylation sites is 1. The molecule has 0 radical (unpaired) electrons. The number of hydrogen-bond acceptors (Lipinski definition) is 5. The van der Waals surface area contributed by atoms with E-state index in [2.05, 4.69) is 4.90 Å². The summed E-state index contributed by atoms with van der Waals surface area (Å²) in [4.78, 5) is 13.8. The highest BCUT2D eigenvalue weighted by Crippen LogP contribution is 2.19. The first-order chi connectivity index (χ1) is 14.0. The minimum absolute atomic E-state index is 0.0649. The Morgan fingerprint density at radius 2 is 2.14 bits per heavy atom. The van der Waals surface area contributed by atoms with Crippen molar-refractivity contribution in [3.8, 4) is 5.75 Å². The number of carbonyl (C=O) groups excluding carboxylic acids is 1. The molecule has 1 heterocycles. The lowest BCUT2D eigenvalue weighted by Gasteiger charge is -2.27. The molecule has 0 aromatic heterocycles. The Kier molecular flexibility index (Phi) is 7.75. The summed E-state index contributed by atoms with van der Waals surface area (Å²) in [5.41, 5.74) is 1.34. The number of rotatable bonds is 10. The van der Waals surface area contributed by atoms with Crippen LogP contribution in [-0.2, 0) is 11.3 Å². The van der Waals surface area contributed by atoms with Crippen LogP contribution in [0, 0.1) is 5.82 Å². The van der Waals surface area contributed by atoms with Gasteiger partial charge in [0.15, 0.2) is 5.78 Å². The standard InChI is InChI=1S/C23H28FNO4/c1-17(26)22-9-2-3-10-23(22)29-16-20(27)14-25(15-21-8-5-11-28-21)13-18-6-4-7-19(24)12-18/h2-4,6-7,9-10,12,20-21,27H,5,8,11,13-16H2,1H3. The molecule has 2 aromatic rings. The molecular formula is C23H28FNO4. The van der Waals surface area contributed by atoms with Gasteiger partial charge in [-0.05, 0) is 49.6 Å². The minimum atomic E-state index is -0.759. The van der Waals surface area contributed by atoms with E-state index < -0.39 is 6.10 Å². The van der Waals surface area contributed by atoms with Gasteiger partial charge in [0.05, 0.1) is 11.7 Å². The number of hydrogen-bond donors (Lipinski definition) is 1. The Labute approximate surface area is 171 Å². The van der Waals surface area contributed by atoms with E-state index in [-0.39, 0.29) is 24.3 Å². The Morgan fingerprint density at radius 3 is 2.86 bits per heavy atom. The van der Waals surface area contributed by atoms with Gasteiger partial charge < -0.3 is 14.6 Å². The zero-order valence-corrected chi connectivity index (χ0v) is 16.7. The molecule has 1 N–H and O–H groups in total. The zero-order valence-electron chi connectivity index (χ0n) is 16.7. The van der Waals surface area contributed by atoms with Crippen LogP contribution in [0.25, 0.3) is 0 Å². The van der Waals surface area contributed by atoms with Crippen LogP contribution in [0.3, 0.4) is 0 Å². The quantitative estimate of drug-likeness (QED) is 0.618. The van der Waals surface area contributed by atoms with Crippen molar-refractivity contribution < 1.29 is 23.8 Å². The van der Waals surface area contributed by atoms with E-state index >= 15 is 0 Å². The van der Waals surface area contributed by atoms with Crippen molar-refractivity contribution in [1.82, 2.24) is 4.90 Å². The highest BCUT2D eigenvalue weighted by molar-refractivity contribution is 5.96. The Balaban J connectivity index is 1.60. The van der Waals surface area contributed by atoms with Gasteiger partial charge in [-0.15, -0.1) is 0 Å². The van der Waals surface area contributed by atoms with Crippen molar-refractivity contribution in [3.63, 3.8) is 0 Å². The van der Waals surface area contributed by atoms with E-state index in [4.69, 9.17) is 9.47 Å². The van der Waals surface area contributed by atoms with E-state index in [9.17, 15) is 14.3 Å². The summed E-state index contributed by atoms with van der Waals surface area (Å²) >= 11 is 0. The maximum atomic E-state index is 13.6. The molecule has 2 aromatic carbocycles. The van der Waals surface area contributed by atoms with Gasteiger partial charge in [-0.25, -0.2) is 4.39 Å². The molecule has 3 rings (SSSR count). The monoisotopic (exact) mass is 401 g/mol. The molecule has 1 aliphatic heterocycles. The number of aliphatic hydroxyl groups excluding tert-OH is 1. The zero-order chi connectivity index (χ0) is 20.6. The highest BCUT2D eigenvalue weighted by Gasteiger charge is 2.22. The van der Waals surface area contributed by atoms with Crippen LogP contribution in [0.5, 0.6) is 5.75 Å². The maximum absolute atomic E-state index is 13.6. The van der Waals surface area contributed by atoms with Crippen molar-refractivity contribution in [2.24, 2.45) is 0 Å². The van der Waals surface area contributed by atoms with Crippen LogP contribution in [0.2, 0.25) is 0 Å². The summed E-state index contributed by atoms with van der Waals surface area (Å²) in [6.07, 6.45) is 1.38. The van der Waals surface area contributed by atoms with Gasteiger partial charge in [-0.2, -0.15) is 0 Å². The first kappa shape index (κ1) is 21.4.